The molecule has 1 saturated carbocycles. The van der Waals surface area contributed by atoms with Gasteiger partial charge in [0.25, 0.3) is 0 Å². The molecule has 0 saturated heterocycles. The minimum Gasteiger partial charge on any atom is -0.490 e. The van der Waals surface area contributed by atoms with Crippen LogP contribution >= 0.6 is 0 Å². The molecule has 0 bridgehead atoms. The molecule has 1 fully saturated rings. The monoisotopic (exact) mass is 260 g/mol. The molecule has 102 valence electrons. The van der Waals surface area contributed by atoms with Crippen molar-refractivity contribution < 1.29 is 14.6 Å². The zero-order valence-electron chi connectivity index (χ0n) is 11.2. The standard InChI is InChI=1S/C16H20O3/c1-12-4-2-6-14(10-12)19-15-7-3-5-13(11-15)8-9-16(17)18/h3,5,7-9,11-12,14H,2,4,6,10H2,1H3,(H,17,18). The Kier molecular flexibility index (Phi) is 4.61. The first kappa shape index (κ1) is 13.7. The molecule has 1 aromatic carbocycles. The summed E-state index contributed by atoms with van der Waals surface area (Å²) in [5.41, 5.74) is 0.851. The third kappa shape index (κ3) is 4.43. The Morgan fingerprint density at radius 1 is 1.42 bits per heavy atom. The number of rotatable bonds is 4. The molecule has 1 aliphatic rings. The largest absolute Gasteiger partial charge is 0.490 e. The van der Waals surface area contributed by atoms with Gasteiger partial charge in [0.15, 0.2) is 0 Å². The van der Waals surface area contributed by atoms with Crippen LogP contribution in [0.15, 0.2) is 30.3 Å². The SMILES string of the molecule is CC1CCCC(Oc2cccc(C=CC(=O)O)c2)C1. The number of benzene rings is 1. The molecular formula is C16H20O3. The van der Waals surface area contributed by atoms with Crippen molar-refractivity contribution in [1.29, 1.82) is 0 Å². The zero-order valence-corrected chi connectivity index (χ0v) is 11.2. The maximum Gasteiger partial charge on any atom is 0.328 e. The van der Waals surface area contributed by atoms with E-state index in [0.29, 0.717) is 6.10 Å². The molecule has 1 aliphatic carbocycles. The minimum atomic E-state index is -0.938. The Morgan fingerprint density at radius 2 is 2.26 bits per heavy atom. The van der Waals surface area contributed by atoms with Crippen molar-refractivity contribution in [3.8, 4) is 5.75 Å². The van der Waals surface area contributed by atoms with Crippen molar-refractivity contribution in [1.82, 2.24) is 0 Å². The molecule has 0 aliphatic heterocycles. The molecule has 0 amide bonds. The predicted molar refractivity (Wildman–Crippen MR) is 75.2 cm³/mol. The average molecular weight is 260 g/mol. The maximum absolute atomic E-state index is 10.5. The van der Waals surface area contributed by atoms with Gasteiger partial charge in [-0.2, -0.15) is 0 Å². The summed E-state index contributed by atoms with van der Waals surface area (Å²) >= 11 is 0. The van der Waals surface area contributed by atoms with Crippen LogP contribution in [-0.2, 0) is 4.79 Å². The number of hydrogen-bond donors (Lipinski definition) is 1. The Morgan fingerprint density at radius 3 is 3.00 bits per heavy atom. The lowest BCUT2D eigenvalue weighted by Crippen LogP contribution is -2.24. The average Bonchev–Trinajstić information content (AvgIpc) is 2.37. The van der Waals surface area contributed by atoms with Gasteiger partial charge in [-0.3, -0.25) is 0 Å². The summed E-state index contributed by atoms with van der Waals surface area (Å²) in [5.74, 6) is 0.618. The predicted octanol–water partition coefficient (Wildman–Crippen LogP) is 3.74. The highest BCUT2D eigenvalue weighted by Crippen LogP contribution is 2.27. The fraction of sp³-hybridized carbons (Fsp3) is 0.438. The Bertz CT molecular complexity index is 465. The van der Waals surface area contributed by atoms with Gasteiger partial charge >= 0.3 is 5.97 Å². The van der Waals surface area contributed by atoms with Gasteiger partial charge in [-0.1, -0.05) is 25.5 Å². The molecule has 1 N–H and O–H groups in total. The lowest BCUT2D eigenvalue weighted by Gasteiger charge is -2.27. The first-order chi connectivity index (χ1) is 9.13. The van der Waals surface area contributed by atoms with Crippen molar-refractivity contribution >= 4 is 12.0 Å². The van der Waals surface area contributed by atoms with Crippen molar-refractivity contribution in [2.24, 2.45) is 5.92 Å². The fourth-order valence-corrected chi connectivity index (χ4v) is 2.54. The topological polar surface area (TPSA) is 46.5 Å². The van der Waals surface area contributed by atoms with E-state index in [0.717, 1.165) is 36.1 Å². The van der Waals surface area contributed by atoms with Gasteiger partial charge in [-0.15, -0.1) is 0 Å². The lowest BCUT2D eigenvalue weighted by atomic mass is 9.89. The summed E-state index contributed by atoms with van der Waals surface area (Å²) in [5, 5.41) is 8.62. The van der Waals surface area contributed by atoms with Crippen LogP contribution in [0.4, 0.5) is 0 Å². The highest BCUT2D eigenvalue weighted by molar-refractivity contribution is 5.85. The first-order valence-corrected chi connectivity index (χ1v) is 6.81. The van der Waals surface area contributed by atoms with E-state index in [-0.39, 0.29) is 0 Å². The molecule has 2 atom stereocenters. The van der Waals surface area contributed by atoms with Crippen molar-refractivity contribution in [3.05, 3.63) is 35.9 Å². The zero-order chi connectivity index (χ0) is 13.7. The number of carboxylic acid groups (broad SMARTS) is 1. The second kappa shape index (κ2) is 6.41. The molecular weight excluding hydrogens is 240 g/mol. The van der Waals surface area contributed by atoms with E-state index in [1.54, 1.807) is 6.08 Å². The van der Waals surface area contributed by atoms with Crippen molar-refractivity contribution in [2.45, 2.75) is 38.7 Å². The molecule has 0 spiro atoms. The third-order valence-corrected chi connectivity index (χ3v) is 3.47. The van der Waals surface area contributed by atoms with Gasteiger partial charge < -0.3 is 9.84 Å². The highest BCUT2D eigenvalue weighted by Gasteiger charge is 2.20. The van der Waals surface area contributed by atoms with E-state index < -0.39 is 5.97 Å². The Hall–Kier alpha value is -1.77. The van der Waals surface area contributed by atoms with E-state index in [1.807, 2.05) is 24.3 Å². The molecule has 0 aromatic heterocycles. The third-order valence-electron chi connectivity index (χ3n) is 3.47. The molecule has 2 unspecified atom stereocenters. The van der Waals surface area contributed by atoms with Gasteiger partial charge in [0.2, 0.25) is 0 Å². The van der Waals surface area contributed by atoms with Crippen LogP contribution in [0, 0.1) is 5.92 Å². The van der Waals surface area contributed by atoms with Crippen LogP contribution in [-0.4, -0.2) is 17.2 Å². The number of aliphatic carboxylic acids is 1. The van der Waals surface area contributed by atoms with E-state index in [9.17, 15) is 4.79 Å². The van der Waals surface area contributed by atoms with Crippen LogP contribution in [0.5, 0.6) is 5.75 Å². The molecule has 0 heterocycles. The van der Waals surface area contributed by atoms with Gasteiger partial charge in [0, 0.05) is 6.08 Å². The number of hydrogen-bond acceptors (Lipinski definition) is 2. The Labute approximate surface area is 113 Å². The maximum atomic E-state index is 10.5. The summed E-state index contributed by atoms with van der Waals surface area (Å²) in [6.07, 6.45) is 7.75. The van der Waals surface area contributed by atoms with Crippen molar-refractivity contribution in [3.63, 3.8) is 0 Å². The van der Waals surface area contributed by atoms with Crippen LogP contribution in [0.3, 0.4) is 0 Å². The highest BCUT2D eigenvalue weighted by atomic mass is 16.5. The van der Waals surface area contributed by atoms with Crippen molar-refractivity contribution in [2.75, 3.05) is 0 Å². The second-order valence-corrected chi connectivity index (χ2v) is 5.26. The van der Waals surface area contributed by atoms with E-state index in [2.05, 4.69) is 6.92 Å². The van der Waals surface area contributed by atoms with Gasteiger partial charge in [-0.25, -0.2) is 4.79 Å². The number of carbonyl (C=O) groups is 1. The molecule has 3 heteroatoms. The number of carboxylic acids is 1. The normalized spacial score (nSPS) is 23.4. The number of ether oxygens (including phenoxy) is 1. The molecule has 2 rings (SSSR count). The minimum absolute atomic E-state index is 0.294. The Balaban J connectivity index is 2.00. The molecule has 0 radical (unpaired) electrons. The first-order valence-electron chi connectivity index (χ1n) is 6.81. The van der Waals surface area contributed by atoms with Gasteiger partial charge in [0.1, 0.15) is 5.75 Å². The lowest BCUT2D eigenvalue weighted by molar-refractivity contribution is -0.131. The summed E-state index contributed by atoms with van der Waals surface area (Å²) in [6, 6.07) is 7.58. The van der Waals surface area contributed by atoms with E-state index in [4.69, 9.17) is 9.84 Å². The summed E-state index contributed by atoms with van der Waals surface area (Å²) in [4.78, 5) is 10.5. The molecule has 19 heavy (non-hydrogen) atoms. The quantitative estimate of drug-likeness (QED) is 0.839. The smallest absolute Gasteiger partial charge is 0.328 e. The van der Waals surface area contributed by atoms with Crippen LogP contribution in [0.2, 0.25) is 0 Å². The molecule has 1 aromatic rings. The molecule has 3 nitrogen and oxygen atoms in total. The fourth-order valence-electron chi connectivity index (χ4n) is 2.54. The van der Waals surface area contributed by atoms with Gasteiger partial charge in [-0.05, 0) is 49.0 Å². The van der Waals surface area contributed by atoms with Crippen LogP contribution in [0.1, 0.15) is 38.2 Å². The van der Waals surface area contributed by atoms with Crippen LogP contribution < -0.4 is 4.74 Å². The second-order valence-electron chi connectivity index (χ2n) is 5.26. The van der Waals surface area contributed by atoms with E-state index in [1.165, 1.54) is 12.8 Å². The van der Waals surface area contributed by atoms with Crippen LogP contribution in [0.25, 0.3) is 6.08 Å². The van der Waals surface area contributed by atoms with E-state index >= 15 is 0 Å². The van der Waals surface area contributed by atoms with Gasteiger partial charge in [0.05, 0.1) is 6.10 Å². The summed E-state index contributed by atoms with van der Waals surface area (Å²) < 4.78 is 5.99. The summed E-state index contributed by atoms with van der Waals surface area (Å²) in [6.45, 7) is 2.27. The summed E-state index contributed by atoms with van der Waals surface area (Å²) in [7, 11) is 0.